The zero-order valence-electron chi connectivity index (χ0n) is 11.2. The van der Waals surface area contributed by atoms with Gasteiger partial charge in [0, 0.05) is 12.3 Å². The Morgan fingerprint density at radius 2 is 2.10 bits per heavy atom. The minimum absolute atomic E-state index is 0.101. The lowest BCUT2D eigenvalue weighted by molar-refractivity contribution is -0.131. The predicted octanol–water partition coefficient (Wildman–Crippen LogP) is 2.33. The van der Waals surface area contributed by atoms with E-state index in [9.17, 15) is 10.1 Å². The maximum Gasteiger partial charge on any atom is 0.229 e. The second kappa shape index (κ2) is 5.31. The van der Waals surface area contributed by atoms with Gasteiger partial charge in [-0.1, -0.05) is 42.1 Å². The van der Waals surface area contributed by atoms with Gasteiger partial charge in [-0.3, -0.25) is 14.6 Å². The van der Waals surface area contributed by atoms with Crippen LogP contribution >= 0.6 is 11.8 Å². The van der Waals surface area contributed by atoms with E-state index in [0.717, 1.165) is 22.0 Å². The number of rotatable bonds is 1. The SMILES string of the molecule is CN1CSC2=C(C#N)[C@@H](c3ccccc3)CC(=O)N2C1. The van der Waals surface area contributed by atoms with Crippen molar-refractivity contribution >= 4 is 17.7 Å². The van der Waals surface area contributed by atoms with Gasteiger partial charge in [0.15, 0.2) is 0 Å². The standard InChI is InChI=1S/C15H15N3OS/c1-17-9-18-14(19)7-12(11-5-3-2-4-6-11)13(8-16)15(18)20-10-17/h2-6,12H,7,9-10H2,1H3/t12-/m1/s1. The summed E-state index contributed by atoms with van der Waals surface area (Å²) >= 11 is 1.58. The Morgan fingerprint density at radius 1 is 1.35 bits per heavy atom. The molecule has 2 aliphatic rings. The van der Waals surface area contributed by atoms with Crippen molar-refractivity contribution in [3.05, 3.63) is 46.5 Å². The number of fused-ring (bicyclic) bond motifs is 1. The zero-order valence-corrected chi connectivity index (χ0v) is 12.1. The summed E-state index contributed by atoms with van der Waals surface area (Å²) in [7, 11) is 1.98. The molecule has 20 heavy (non-hydrogen) atoms. The Hall–Kier alpha value is -1.77. The lowest BCUT2D eigenvalue weighted by Crippen LogP contribution is -2.45. The molecule has 0 spiro atoms. The summed E-state index contributed by atoms with van der Waals surface area (Å²) in [5.41, 5.74) is 1.78. The number of amides is 1. The molecule has 1 atom stereocenters. The summed E-state index contributed by atoms with van der Waals surface area (Å²) in [6.45, 7) is 0.577. The van der Waals surface area contributed by atoms with Crippen LogP contribution in [0, 0.1) is 11.3 Å². The number of hydrogen-bond acceptors (Lipinski definition) is 4. The molecule has 1 saturated heterocycles. The first-order valence-electron chi connectivity index (χ1n) is 6.51. The van der Waals surface area contributed by atoms with Gasteiger partial charge in [0.05, 0.1) is 29.2 Å². The third-order valence-electron chi connectivity index (χ3n) is 3.63. The first-order valence-corrected chi connectivity index (χ1v) is 7.50. The van der Waals surface area contributed by atoms with Crippen molar-refractivity contribution in [2.75, 3.05) is 19.6 Å². The van der Waals surface area contributed by atoms with Crippen LogP contribution in [-0.2, 0) is 4.79 Å². The molecule has 0 unspecified atom stereocenters. The van der Waals surface area contributed by atoms with Gasteiger partial charge in [0.1, 0.15) is 0 Å². The first-order chi connectivity index (χ1) is 9.70. The summed E-state index contributed by atoms with van der Waals surface area (Å²) in [6, 6.07) is 12.2. The molecule has 1 fully saturated rings. The number of carbonyl (C=O) groups is 1. The zero-order chi connectivity index (χ0) is 14.1. The Balaban J connectivity index is 2.04. The highest BCUT2D eigenvalue weighted by molar-refractivity contribution is 8.03. The molecular formula is C15H15N3OS. The van der Waals surface area contributed by atoms with Crippen LogP contribution in [0.4, 0.5) is 0 Å². The molecule has 0 bridgehead atoms. The Kier molecular flexibility index (Phi) is 3.51. The van der Waals surface area contributed by atoms with Crippen molar-refractivity contribution in [1.82, 2.24) is 9.80 Å². The minimum atomic E-state index is -0.101. The van der Waals surface area contributed by atoms with Gasteiger partial charge >= 0.3 is 0 Å². The molecule has 0 N–H and O–H groups in total. The van der Waals surface area contributed by atoms with Crippen molar-refractivity contribution in [2.24, 2.45) is 0 Å². The molecular weight excluding hydrogens is 270 g/mol. The van der Waals surface area contributed by atoms with Gasteiger partial charge in [-0.15, -0.1) is 0 Å². The van der Waals surface area contributed by atoms with Gasteiger partial charge in [-0.25, -0.2) is 0 Å². The van der Waals surface area contributed by atoms with Crippen molar-refractivity contribution < 1.29 is 4.79 Å². The second-order valence-corrected chi connectivity index (χ2v) is 6.02. The maximum absolute atomic E-state index is 12.4. The van der Waals surface area contributed by atoms with Crippen LogP contribution in [0.2, 0.25) is 0 Å². The van der Waals surface area contributed by atoms with Crippen LogP contribution in [0.15, 0.2) is 40.9 Å². The smallest absolute Gasteiger partial charge is 0.229 e. The number of nitriles is 1. The Labute approximate surface area is 122 Å². The number of allylic oxidation sites excluding steroid dienone is 1. The average Bonchev–Trinajstić information content (AvgIpc) is 2.48. The lowest BCUT2D eigenvalue weighted by Gasteiger charge is -2.40. The fourth-order valence-electron chi connectivity index (χ4n) is 2.64. The fraction of sp³-hybridized carbons (Fsp3) is 0.333. The minimum Gasteiger partial charge on any atom is -0.292 e. The van der Waals surface area contributed by atoms with Crippen LogP contribution in [0.5, 0.6) is 0 Å². The van der Waals surface area contributed by atoms with Crippen LogP contribution in [0.1, 0.15) is 17.9 Å². The lowest BCUT2D eigenvalue weighted by atomic mass is 9.86. The first kappa shape index (κ1) is 13.2. The molecule has 102 valence electrons. The molecule has 5 heteroatoms. The Morgan fingerprint density at radius 3 is 2.80 bits per heavy atom. The summed E-state index contributed by atoms with van der Waals surface area (Å²) in [5.74, 6) is 0.814. The third-order valence-corrected chi connectivity index (χ3v) is 4.91. The number of benzene rings is 1. The largest absolute Gasteiger partial charge is 0.292 e. The van der Waals surface area contributed by atoms with Crippen molar-refractivity contribution in [3.8, 4) is 6.07 Å². The number of carbonyl (C=O) groups excluding carboxylic acids is 1. The van der Waals surface area contributed by atoms with Crippen LogP contribution in [-0.4, -0.2) is 35.3 Å². The predicted molar refractivity (Wildman–Crippen MR) is 78.4 cm³/mol. The van der Waals surface area contributed by atoms with Crippen molar-refractivity contribution in [1.29, 1.82) is 5.26 Å². The van der Waals surface area contributed by atoms with E-state index in [-0.39, 0.29) is 11.8 Å². The molecule has 3 rings (SSSR count). The van der Waals surface area contributed by atoms with Crippen LogP contribution in [0.3, 0.4) is 0 Å². The topological polar surface area (TPSA) is 47.3 Å². The van der Waals surface area contributed by atoms with E-state index in [0.29, 0.717) is 13.1 Å². The Bertz CT molecular complexity index is 605. The summed E-state index contributed by atoms with van der Waals surface area (Å²) in [4.78, 5) is 16.2. The second-order valence-electron chi connectivity index (χ2n) is 5.09. The monoisotopic (exact) mass is 285 g/mol. The molecule has 0 aliphatic carbocycles. The van der Waals surface area contributed by atoms with E-state index in [1.165, 1.54) is 0 Å². The average molecular weight is 285 g/mol. The van der Waals surface area contributed by atoms with E-state index in [4.69, 9.17) is 0 Å². The highest BCUT2D eigenvalue weighted by Gasteiger charge is 2.37. The number of nitrogens with zero attached hydrogens (tertiary/aromatic N) is 3. The van der Waals surface area contributed by atoms with Gasteiger partial charge in [0.2, 0.25) is 5.91 Å². The van der Waals surface area contributed by atoms with Crippen molar-refractivity contribution in [3.63, 3.8) is 0 Å². The van der Waals surface area contributed by atoms with Gasteiger partial charge in [-0.05, 0) is 12.6 Å². The van der Waals surface area contributed by atoms with E-state index in [1.807, 2.05) is 37.4 Å². The van der Waals surface area contributed by atoms with E-state index in [1.54, 1.807) is 16.7 Å². The fourth-order valence-corrected chi connectivity index (χ4v) is 3.73. The van der Waals surface area contributed by atoms with Crippen LogP contribution < -0.4 is 0 Å². The highest BCUT2D eigenvalue weighted by atomic mass is 32.2. The normalized spacial score (nSPS) is 23.5. The molecule has 0 radical (unpaired) electrons. The van der Waals surface area contributed by atoms with Gasteiger partial charge < -0.3 is 0 Å². The highest BCUT2D eigenvalue weighted by Crippen LogP contribution is 2.41. The van der Waals surface area contributed by atoms with E-state index >= 15 is 0 Å². The molecule has 4 nitrogen and oxygen atoms in total. The molecule has 0 aromatic heterocycles. The summed E-state index contributed by atoms with van der Waals surface area (Å²) in [6.07, 6.45) is 0.380. The van der Waals surface area contributed by atoms with E-state index in [2.05, 4.69) is 11.0 Å². The summed E-state index contributed by atoms with van der Waals surface area (Å²) < 4.78 is 0. The maximum atomic E-state index is 12.4. The number of hydrogen-bond donors (Lipinski definition) is 0. The third kappa shape index (κ3) is 2.21. The molecule has 2 aliphatic heterocycles. The van der Waals surface area contributed by atoms with Crippen molar-refractivity contribution in [2.45, 2.75) is 12.3 Å². The van der Waals surface area contributed by atoms with Gasteiger partial charge in [-0.2, -0.15) is 5.26 Å². The molecule has 1 aromatic rings. The number of thioether (sulfide) groups is 1. The molecule has 1 aromatic carbocycles. The molecule has 0 saturated carbocycles. The van der Waals surface area contributed by atoms with Gasteiger partial charge in [0.25, 0.3) is 0 Å². The molecule has 1 amide bonds. The summed E-state index contributed by atoms with van der Waals surface area (Å²) in [5, 5.41) is 10.4. The van der Waals surface area contributed by atoms with E-state index < -0.39 is 0 Å². The molecule has 2 heterocycles. The van der Waals surface area contributed by atoms with Crippen LogP contribution in [0.25, 0.3) is 0 Å². The quantitative estimate of drug-likeness (QED) is 0.794.